The van der Waals surface area contributed by atoms with E-state index in [9.17, 15) is 14.9 Å². The van der Waals surface area contributed by atoms with Crippen molar-refractivity contribution >= 4 is 28.4 Å². The van der Waals surface area contributed by atoms with E-state index in [1.54, 1.807) is 18.2 Å². The summed E-state index contributed by atoms with van der Waals surface area (Å²) >= 11 is 0. The van der Waals surface area contributed by atoms with E-state index in [1.807, 2.05) is 24.3 Å². The fourth-order valence-electron chi connectivity index (χ4n) is 2.86. The van der Waals surface area contributed by atoms with Crippen LogP contribution in [0.15, 0.2) is 71.1 Å². The molecule has 0 saturated heterocycles. The molecule has 0 spiro atoms. The van der Waals surface area contributed by atoms with Crippen molar-refractivity contribution in [2.75, 3.05) is 12.4 Å². The lowest BCUT2D eigenvalue weighted by Crippen LogP contribution is -2.12. The van der Waals surface area contributed by atoms with Gasteiger partial charge in [-0.25, -0.2) is 4.98 Å². The molecule has 4 aromatic rings. The molecular weight excluding hydrogens is 374 g/mol. The molecule has 1 heterocycles. The number of carbonyl (C=O) groups is 1. The second-order valence-corrected chi connectivity index (χ2v) is 6.16. The van der Waals surface area contributed by atoms with Gasteiger partial charge in [0.25, 0.3) is 11.6 Å². The second kappa shape index (κ2) is 7.43. The van der Waals surface area contributed by atoms with E-state index in [2.05, 4.69) is 10.3 Å². The Balaban J connectivity index is 1.64. The quantitative estimate of drug-likeness (QED) is 0.393. The highest BCUT2D eigenvalue weighted by molar-refractivity contribution is 6.05. The number of amides is 1. The zero-order valence-corrected chi connectivity index (χ0v) is 15.3. The van der Waals surface area contributed by atoms with Gasteiger partial charge in [0.05, 0.1) is 17.7 Å². The molecule has 0 aliphatic rings. The maximum absolute atomic E-state index is 12.6. The van der Waals surface area contributed by atoms with Crippen LogP contribution < -0.4 is 10.1 Å². The van der Waals surface area contributed by atoms with E-state index in [1.165, 1.54) is 31.4 Å². The lowest BCUT2D eigenvalue weighted by Gasteiger charge is -2.11. The second-order valence-electron chi connectivity index (χ2n) is 6.16. The Kier molecular flexibility index (Phi) is 4.66. The minimum Gasteiger partial charge on any atom is -0.495 e. The molecule has 1 amide bonds. The van der Waals surface area contributed by atoms with Crippen molar-refractivity contribution in [2.45, 2.75) is 0 Å². The van der Waals surface area contributed by atoms with E-state index in [-0.39, 0.29) is 11.3 Å². The summed E-state index contributed by atoms with van der Waals surface area (Å²) in [5.74, 6) is 0.452. The number of aromatic nitrogens is 1. The summed E-state index contributed by atoms with van der Waals surface area (Å²) in [6.07, 6.45) is 0. The van der Waals surface area contributed by atoms with Crippen LogP contribution in [-0.2, 0) is 0 Å². The van der Waals surface area contributed by atoms with Crippen molar-refractivity contribution in [1.29, 1.82) is 0 Å². The maximum atomic E-state index is 12.6. The van der Waals surface area contributed by atoms with Crippen LogP contribution in [0.25, 0.3) is 22.6 Å². The number of anilines is 1. The monoisotopic (exact) mass is 389 g/mol. The van der Waals surface area contributed by atoms with Crippen molar-refractivity contribution in [3.63, 3.8) is 0 Å². The molecule has 0 aliphatic carbocycles. The van der Waals surface area contributed by atoms with Gasteiger partial charge < -0.3 is 14.5 Å². The van der Waals surface area contributed by atoms with Crippen LogP contribution in [0.5, 0.6) is 5.75 Å². The molecule has 1 aromatic heterocycles. The minimum absolute atomic E-state index is 0.0860. The number of methoxy groups -OCH3 is 1. The van der Waals surface area contributed by atoms with Gasteiger partial charge in [0.1, 0.15) is 11.3 Å². The van der Waals surface area contributed by atoms with Crippen molar-refractivity contribution in [1.82, 2.24) is 4.98 Å². The summed E-state index contributed by atoms with van der Waals surface area (Å²) in [6.45, 7) is 0. The predicted molar refractivity (Wildman–Crippen MR) is 107 cm³/mol. The summed E-state index contributed by atoms with van der Waals surface area (Å²) in [7, 11) is 1.50. The molecule has 0 bridgehead atoms. The third kappa shape index (κ3) is 3.63. The van der Waals surface area contributed by atoms with Gasteiger partial charge in [-0.15, -0.1) is 0 Å². The number of ether oxygens (including phenoxy) is 1. The first-order valence-corrected chi connectivity index (χ1v) is 8.65. The van der Waals surface area contributed by atoms with Gasteiger partial charge in [0.15, 0.2) is 5.58 Å². The van der Waals surface area contributed by atoms with Crippen LogP contribution in [0.1, 0.15) is 10.4 Å². The lowest BCUT2D eigenvalue weighted by molar-refractivity contribution is -0.384. The number of non-ortho nitro benzene ring substituents is 1. The van der Waals surface area contributed by atoms with Crippen LogP contribution >= 0.6 is 0 Å². The van der Waals surface area contributed by atoms with Gasteiger partial charge in [-0.3, -0.25) is 14.9 Å². The van der Waals surface area contributed by atoms with Crippen molar-refractivity contribution in [3.8, 4) is 17.2 Å². The third-order valence-electron chi connectivity index (χ3n) is 4.33. The van der Waals surface area contributed by atoms with Crippen molar-refractivity contribution in [2.24, 2.45) is 0 Å². The predicted octanol–water partition coefficient (Wildman–Crippen LogP) is 4.66. The molecule has 1 N–H and O–H groups in total. The smallest absolute Gasteiger partial charge is 0.269 e. The number of hydrogen-bond acceptors (Lipinski definition) is 6. The van der Waals surface area contributed by atoms with Crippen LogP contribution in [0.2, 0.25) is 0 Å². The molecule has 3 aromatic carbocycles. The van der Waals surface area contributed by atoms with Crippen LogP contribution in [-0.4, -0.2) is 22.9 Å². The maximum Gasteiger partial charge on any atom is 0.269 e. The van der Waals surface area contributed by atoms with E-state index < -0.39 is 10.8 Å². The normalized spacial score (nSPS) is 10.7. The number of carbonyl (C=O) groups excluding carboxylic acids is 1. The first-order chi connectivity index (χ1) is 14.0. The van der Waals surface area contributed by atoms with E-state index in [4.69, 9.17) is 9.15 Å². The largest absolute Gasteiger partial charge is 0.495 e. The summed E-state index contributed by atoms with van der Waals surface area (Å²) in [5, 5.41) is 13.5. The number of nitro benzene ring substituents is 1. The zero-order valence-electron chi connectivity index (χ0n) is 15.3. The number of para-hydroxylation sites is 2. The first-order valence-electron chi connectivity index (χ1n) is 8.65. The van der Waals surface area contributed by atoms with Crippen molar-refractivity contribution in [3.05, 3.63) is 82.4 Å². The Bertz CT molecular complexity index is 1180. The van der Waals surface area contributed by atoms with E-state index in [0.717, 1.165) is 5.52 Å². The minimum atomic E-state index is -0.519. The molecular formula is C21H15N3O5. The molecule has 0 unspecified atom stereocenters. The Morgan fingerprint density at radius 1 is 1.10 bits per heavy atom. The van der Waals surface area contributed by atoms with Gasteiger partial charge in [0, 0.05) is 23.3 Å². The number of nitrogens with zero attached hydrogens (tertiary/aromatic N) is 2. The number of rotatable bonds is 5. The Morgan fingerprint density at radius 2 is 1.86 bits per heavy atom. The fourth-order valence-corrected chi connectivity index (χ4v) is 2.86. The van der Waals surface area contributed by atoms with Crippen molar-refractivity contribution < 1.29 is 18.9 Å². The fraction of sp³-hybridized carbons (Fsp3) is 0.0476. The number of oxazole rings is 1. The van der Waals surface area contributed by atoms with E-state index >= 15 is 0 Å². The average molecular weight is 389 g/mol. The molecule has 144 valence electrons. The molecule has 0 atom stereocenters. The summed E-state index contributed by atoms with van der Waals surface area (Å²) in [6, 6.07) is 17.9. The Morgan fingerprint density at radius 3 is 2.55 bits per heavy atom. The molecule has 4 rings (SSSR count). The molecule has 0 saturated carbocycles. The molecule has 0 fully saturated rings. The Hall–Kier alpha value is -4.20. The summed E-state index contributed by atoms with van der Waals surface area (Å²) in [4.78, 5) is 27.3. The van der Waals surface area contributed by atoms with E-state index in [0.29, 0.717) is 28.5 Å². The number of fused-ring (bicyclic) bond motifs is 1. The molecule has 0 aliphatic heterocycles. The van der Waals surface area contributed by atoms with Gasteiger partial charge in [-0.1, -0.05) is 12.1 Å². The molecule has 8 heteroatoms. The van der Waals surface area contributed by atoms with Crippen LogP contribution in [0.3, 0.4) is 0 Å². The van der Waals surface area contributed by atoms with Crippen LogP contribution in [0, 0.1) is 10.1 Å². The summed E-state index contributed by atoms with van der Waals surface area (Å²) in [5.41, 5.74) is 2.68. The topological polar surface area (TPSA) is 108 Å². The summed E-state index contributed by atoms with van der Waals surface area (Å²) < 4.78 is 11.1. The lowest BCUT2D eigenvalue weighted by atomic mass is 10.1. The average Bonchev–Trinajstić information content (AvgIpc) is 3.18. The third-order valence-corrected chi connectivity index (χ3v) is 4.33. The zero-order chi connectivity index (χ0) is 20.4. The highest BCUT2D eigenvalue weighted by Crippen LogP contribution is 2.32. The number of benzene rings is 3. The van der Waals surface area contributed by atoms with Gasteiger partial charge >= 0.3 is 0 Å². The molecule has 8 nitrogen and oxygen atoms in total. The van der Waals surface area contributed by atoms with Gasteiger partial charge in [-0.05, 0) is 42.5 Å². The van der Waals surface area contributed by atoms with Crippen LogP contribution in [0.4, 0.5) is 11.4 Å². The van der Waals surface area contributed by atoms with Gasteiger partial charge in [0.2, 0.25) is 5.89 Å². The Labute approximate surface area is 164 Å². The SMILES string of the molecule is COc1ccc(-c2nc3ccccc3o2)cc1NC(=O)c1ccc([N+](=O)[O-])cc1. The number of nitro groups is 1. The first kappa shape index (κ1) is 18.2. The molecule has 0 radical (unpaired) electrons. The molecule has 29 heavy (non-hydrogen) atoms. The highest BCUT2D eigenvalue weighted by Gasteiger charge is 2.15. The number of nitrogens with one attached hydrogen (secondary N) is 1. The number of hydrogen-bond donors (Lipinski definition) is 1. The standard InChI is InChI=1S/C21H15N3O5/c1-28-18-11-8-14(21-23-16-4-2-3-5-19(16)29-21)12-17(18)22-20(25)13-6-9-15(10-7-13)24(26)27/h2-12H,1H3,(H,22,25). The highest BCUT2D eigenvalue weighted by atomic mass is 16.6. The van der Waals surface area contributed by atoms with Gasteiger partial charge in [-0.2, -0.15) is 0 Å².